The second-order valence-corrected chi connectivity index (χ2v) is 7.06. The van der Waals surface area contributed by atoms with Crippen molar-refractivity contribution >= 4 is 46.5 Å². The number of unbranched alkanes of at least 4 members (excludes halogenated alkanes) is 1. The standard InChI is InChI=1S/C21H19ClFN5O.ClH/c1-2-3-10-28(15-8-9-18(29)16(22)11-15)21-19-17(12-24-27-19)25-20(26-21)13-4-6-14(23)7-5-13;/h4-9,11-12,29H,2-3,10H2,1H3,(H,24,27);1H. The molecule has 9 heteroatoms. The molecule has 0 atom stereocenters. The predicted molar refractivity (Wildman–Crippen MR) is 119 cm³/mol. The lowest BCUT2D eigenvalue weighted by atomic mass is 10.2. The highest BCUT2D eigenvalue weighted by Crippen LogP contribution is 2.35. The summed E-state index contributed by atoms with van der Waals surface area (Å²) in [6.45, 7) is 2.79. The summed E-state index contributed by atoms with van der Waals surface area (Å²) >= 11 is 6.15. The molecular formula is C21H20Cl2FN5O. The van der Waals surface area contributed by atoms with Crippen molar-refractivity contribution in [3.8, 4) is 17.1 Å². The Bertz CT molecular complexity index is 1150. The molecule has 0 aliphatic rings. The summed E-state index contributed by atoms with van der Waals surface area (Å²) in [6, 6.07) is 11.1. The Morgan fingerprint density at radius 2 is 1.90 bits per heavy atom. The van der Waals surface area contributed by atoms with Crippen molar-refractivity contribution in [3.05, 3.63) is 59.5 Å². The van der Waals surface area contributed by atoms with E-state index >= 15 is 0 Å². The maximum atomic E-state index is 13.3. The number of aromatic hydroxyl groups is 1. The quantitative estimate of drug-likeness (QED) is 0.385. The topological polar surface area (TPSA) is 77.9 Å². The summed E-state index contributed by atoms with van der Waals surface area (Å²) < 4.78 is 13.3. The van der Waals surface area contributed by atoms with E-state index < -0.39 is 0 Å². The van der Waals surface area contributed by atoms with Crippen LogP contribution >= 0.6 is 24.0 Å². The summed E-state index contributed by atoms with van der Waals surface area (Å²) in [5.41, 5.74) is 2.84. The van der Waals surface area contributed by atoms with Gasteiger partial charge in [-0.2, -0.15) is 5.10 Å². The molecule has 0 amide bonds. The largest absolute Gasteiger partial charge is 0.506 e. The van der Waals surface area contributed by atoms with Gasteiger partial charge in [0, 0.05) is 17.8 Å². The third-order valence-electron chi connectivity index (χ3n) is 4.62. The maximum Gasteiger partial charge on any atom is 0.163 e. The molecule has 0 saturated carbocycles. The van der Waals surface area contributed by atoms with Gasteiger partial charge in [0.15, 0.2) is 11.6 Å². The van der Waals surface area contributed by atoms with Gasteiger partial charge in [0.2, 0.25) is 0 Å². The number of H-pyrrole nitrogens is 1. The van der Waals surface area contributed by atoms with Crippen LogP contribution in [0.2, 0.25) is 5.02 Å². The van der Waals surface area contributed by atoms with Crippen molar-refractivity contribution in [3.63, 3.8) is 0 Å². The summed E-state index contributed by atoms with van der Waals surface area (Å²) in [7, 11) is 0. The van der Waals surface area contributed by atoms with Gasteiger partial charge in [0.25, 0.3) is 0 Å². The molecule has 156 valence electrons. The lowest BCUT2D eigenvalue weighted by Crippen LogP contribution is -2.20. The Balaban J connectivity index is 0.00000256. The van der Waals surface area contributed by atoms with Gasteiger partial charge in [-0.3, -0.25) is 5.10 Å². The van der Waals surface area contributed by atoms with E-state index in [1.807, 2.05) is 4.90 Å². The molecule has 0 aliphatic heterocycles. The van der Waals surface area contributed by atoms with Gasteiger partial charge in [0.05, 0.1) is 11.2 Å². The number of hydrogen-bond acceptors (Lipinski definition) is 5. The van der Waals surface area contributed by atoms with Crippen LogP contribution < -0.4 is 4.90 Å². The maximum absolute atomic E-state index is 13.3. The molecule has 2 aromatic heterocycles. The average molecular weight is 448 g/mol. The molecule has 0 fully saturated rings. The van der Waals surface area contributed by atoms with Crippen LogP contribution in [0.25, 0.3) is 22.4 Å². The number of aromatic amines is 1. The molecule has 2 aromatic carbocycles. The number of aromatic nitrogens is 4. The minimum Gasteiger partial charge on any atom is -0.506 e. The number of halogens is 3. The molecule has 0 bridgehead atoms. The van der Waals surface area contributed by atoms with E-state index in [2.05, 4.69) is 22.1 Å². The van der Waals surface area contributed by atoms with Gasteiger partial charge >= 0.3 is 0 Å². The zero-order valence-electron chi connectivity index (χ0n) is 16.1. The Morgan fingerprint density at radius 1 is 1.13 bits per heavy atom. The summed E-state index contributed by atoms with van der Waals surface area (Å²) in [4.78, 5) is 11.4. The van der Waals surface area contributed by atoms with Gasteiger partial charge in [-0.15, -0.1) is 12.4 Å². The van der Waals surface area contributed by atoms with Gasteiger partial charge in [-0.25, -0.2) is 14.4 Å². The third-order valence-corrected chi connectivity index (χ3v) is 4.92. The van der Waals surface area contributed by atoms with Crippen molar-refractivity contribution < 1.29 is 9.50 Å². The zero-order chi connectivity index (χ0) is 20.4. The molecule has 2 N–H and O–H groups in total. The molecule has 6 nitrogen and oxygen atoms in total. The second kappa shape index (κ2) is 9.28. The predicted octanol–water partition coefficient (Wildman–Crippen LogP) is 5.88. The molecule has 2 heterocycles. The molecular weight excluding hydrogens is 428 g/mol. The Morgan fingerprint density at radius 3 is 2.60 bits per heavy atom. The van der Waals surface area contributed by atoms with Gasteiger partial charge in [0.1, 0.15) is 22.6 Å². The Labute approximate surface area is 184 Å². The molecule has 0 saturated heterocycles. The van der Waals surface area contributed by atoms with Gasteiger partial charge < -0.3 is 10.0 Å². The first-order valence-corrected chi connectivity index (χ1v) is 9.67. The number of nitrogens with zero attached hydrogens (tertiary/aromatic N) is 4. The lowest BCUT2D eigenvalue weighted by Gasteiger charge is -2.25. The fourth-order valence-electron chi connectivity index (χ4n) is 3.09. The van der Waals surface area contributed by atoms with E-state index in [0.717, 1.165) is 18.5 Å². The number of nitrogens with one attached hydrogen (secondary N) is 1. The van der Waals surface area contributed by atoms with E-state index in [1.54, 1.807) is 36.5 Å². The van der Waals surface area contributed by atoms with Gasteiger partial charge in [-0.1, -0.05) is 24.9 Å². The lowest BCUT2D eigenvalue weighted by molar-refractivity contribution is 0.475. The number of rotatable bonds is 6. The van der Waals surface area contributed by atoms with Crippen molar-refractivity contribution in [2.24, 2.45) is 0 Å². The van der Waals surface area contributed by atoms with Crippen LogP contribution in [0.1, 0.15) is 19.8 Å². The van der Waals surface area contributed by atoms with E-state index in [4.69, 9.17) is 16.6 Å². The summed E-state index contributed by atoms with van der Waals surface area (Å²) in [5, 5.41) is 17.2. The highest BCUT2D eigenvalue weighted by molar-refractivity contribution is 6.32. The van der Waals surface area contributed by atoms with Crippen LogP contribution in [0, 0.1) is 5.82 Å². The number of hydrogen-bond donors (Lipinski definition) is 2. The molecule has 4 aromatic rings. The minimum atomic E-state index is -0.318. The molecule has 0 spiro atoms. The second-order valence-electron chi connectivity index (χ2n) is 6.65. The molecule has 0 unspecified atom stereocenters. The zero-order valence-corrected chi connectivity index (χ0v) is 17.7. The SMILES string of the molecule is CCCCN(c1ccc(O)c(Cl)c1)c1nc(-c2ccc(F)cc2)nc2cn[nH]c12.Cl. The minimum absolute atomic E-state index is 0. The van der Waals surface area contributed by atoms with Crippen LogP contribution in [0.15, 0.2) is 48.7 Å². The van der Waals surface area contributed by atoms with Crippen molar-refractivity contribution in [2.75, 3.05) is 11.4 Å². The van der Waals surface area contributed by atoms with Crippen LogP contribution in [0.5, 0.6) is 5.75 Å². The van der Waals surface area contributed by atoms with Gasteiger partial charge in [-0.05, 0) is 48.9 Å². The number of fused-ring (bicyclic) bond motifs is 1. The van der Waals surface area contributed by atoms with Crippen LogP contribution in [0.3, 0.4) is 0 Å². The smallest absolute Gasteiger partial charge is 0.163 e. The fourth-order valence-corrected chi connectivity index (χ4v) is 3.26. The number of phenolic OH excluding ortho intramolecular Hbond substituents is 1. The first-order valence-electron chi connectivity index (χ1n) is 9.30. The third kappa shape index (κ3) is 4.32. The Kier molecular flexibility index (Phi) is 6.74. The van der Waals surface area contributed by atoms with Crippen LogP contribution in [-0.4, -0.2) is 31.8 Å². The monoisotopic (exact) mass is 447 g/mol. The first kappa shape index (κ1) is 21.8. The average Bonchev–Trinajstić information content (AvgIpc) is 3.20. The molecule has 30 heavy (non-hydrogen) atoms. The molecule has 4 rings (SSSR count). The van der Waals surface area contributed by atoms with Crippen LogP contribution in [0.4, 0.5) is 15.9 Å². The number of anilines is 2. The summed E-state index contributed by atoms with van der Waals surface area (Å²) in [6.07, 6.45) is 3.55. The fraction of sp³-hybridized carbons (Fsp3) is 0.190. The molecule has 0 radical (unpaired) electrons. The van der Waals surface area contributed by atoms with E-state index in [0.29, 0.717) is 34.8 Å². The molecule has 0 aliphatic carbocycles. The number of phenols is 1. The number of benzene rings is 2. The highest BCUT2D eigenvalue weighted by atomic mass is 35.5. The summed E-state index contributed by atoms with van der Waals surface area (Å²) in [5.74, 6) is 0.816. The van der Waals surface area contributed by atoms with E-state index in [-0.39, 0.29) is 29.0 Å². The van der Waals surface area contributed by atoms with Crippen molar-refractivity contribution in [1.82, 2.24) is 20.2 Å². The van der Waals surface area contributed by atoms with E-state index in [9.17, 15) is 9.50 Å². The van der Waals surface area contributed by atoms with Crippen molar-refractivity contribution in [2.45, 2.75) is 19.8 Å². The Hall–Kier alpha value is -2.90. The first-order chi connectivity index (χ1) is 14.1. The normalized spacial score (nSPS) is 10.8. The van der Waals surface area contributed by atoms with E-state index in [1.165, 1.54) is 12.1 Å². The van der Waals surface area contributed by atoms with Crippen molar-refractivity contribution in [1.29, 1.82) is 0 Å². The van der Waals surface area contributed by atoms with Crippen LogP contribution in [-0.2, 0) is 0 Å². The highest BCUT2D eigenvalue weighted by Gasteiger charge is 2.19.